The minimum absolute atomic E-state index is 0.0270. The smallest absolute Gasteiger partial charge is 0.303 e. The molecule has 14 heavy (non-hydrogen) atoms. The van der Waals surface area contributed by atoms with E-state index in [0.717, 1.165) is 12.8 Å². The zero-order valence-corrected chi connectivity index (χ0v) is 8.73. The maximum absolute atomic E-state index is 10.4. The molecule has 0 amide bonds. The van der Waals surface area contributed by atoms with E-state index < -0.39 is 7.82 Å². The van der Waals surface area contributed by atoms with Gasteiger partial charge in [-0.3, -0.25) is 9.42 Å². The van der Waals surface area contributed by atoms with Crippen LogP contribution in [0.15, 0.2) is 0 Å². The number of rotatable bonds is 7. The van der Waals surface area contributed by atoms with E-state index in [1.54, 1.807) is 0 Å². The lowest BCUT2D eigenvalue weighted by molar-refractivity contribution is 0.114. The summed E-state index contributed by atoms with van der Waals surface area (Å²) in [6, 6.07) is 0.421. The number of hydrogen-bond donors (Lipinski definition) is 2. The van der Waals surface area contributed by atoms with Gasteiger partial charge in [-0.25, -0.2) is 9.67 Å². The van der Waals surface area contributed by atoms with E-state index in [-0.39, 0.29) is 13.2 Å². The summed E-state index contributed by atoms with van der Waals surface area (Å²) in [5, 5.41) is 10.4. The van der Waals surface area contributed by atoms with Gasteiger partial charge in [0.15, 0.2) is 0 Å². The fourth-order valence-electron chi connectivity index (χ4n) is 1.31. The van der Waals surface area contributed by atoms with Crippen molar-refractivity contribution in [3.8, 4) is 0 Å². The Hall–Kier alpha value is 0.0300. The maximum Gasteiger partial charge on any atom is 0.469 e. The van der Waals surface area contributed by atoms with Crippen LogP contribution in [0.4, 0.5) is 0 Å². The first-order valence-corrected chi connectivity index (χ1v) is 6.08. The van der Waals surface area contributed by atoms with Gasteiger partial charge in [-0.05, 0) is 12.8 Å². The van der Waals surface area contributed by atoms with Crippen molar-refractivity contribution in [2.45, 2.75) is 18.9 Å². The number of phosphoric ester groups is 1. The van der Waals surface area contributed by atoms with Crippen molar-refractivity contribution in [2.75, 3.05) is 26.3 Å². The largest absolute Gasteiger partial charge is 0.469 e. The molecule has 83 valence electrons. The molecular weight excluding hydrogens is 209 g/mol. The Bertz CT molecular complexity index is 214. The first-order valence-electron chi connectivity index (χ1n) is 4.55. The minimum Gasteiger partial charge on any atom is -0.303 e. The molecule has 1 rings (SSSR count). The molecule has 2 N–H and O–H groups in total. The molecule has 7 heteroatoms. The summed E-state index contributed by atoms with van der Waals surface area (Å²) in [7, 11) is -4.36. The zero-order valence-electron chi connectivity index (χ0n) is 7.83. The van der Waals surface area contributed by atoms with Gasteiger partial charge < -0.3 is 9.79 Å². The second kappa shape index (κ2) is 5.21. The van der Waals surface area contributed by atoms with Crippen LogP contribution in [0.2, 0.25) is 0 Å². The molecule has 0 aliphatic heterocycles. The first kappa shape index (κ1) is 12.1. The van der Waals surface area contributed by atoms with Crippen LogP contribution in [-0.4, -0.2) is 47.0 Å². The van der Waals surface area contributed by atoms with Crippen molar-refractivity contribution in [3.05, 3.63) is 0 Å². The van der Waals surface area contributed by atoms with E-state index in [0.29, 0.717) is 19.1 Å². The quantitative estimate of drug-likeness (QED) is 0.593. The van der Waals surface area contributed by atoms with Crippen LogP contribution in [0.1, 0.15) is 12.8 Å². The highest BCUT2D eigenvalue weighted by atomic mass is 31.2. The normalized spacial score (nSPS) is 17.7. The van der Waals surface area contributed by atoms with Gasteiger partial charge >= 0.3 is 7.82 Å². The van der Waals surface area contributed by atoms with Gasteiger partial charge in [0.05, 0.1) is 13.2 Å². The maximum atomic E-state index is 10.4. The number of phosphoric acid groups is 1. The molecule has 1 aliphatic carbocycles. The van der Waals surface area contributed by atoms with Gasteiger partial charge in [-0.2, -0.15) is 0 Å². The minimum atomic E-state index is -4.36. The highest BCUT2D eigenvalue weighted by Crippen LogP contribution is 2.35. The third-order valence-electron chi connectivity index (χ3n) is 2.08. The Labute approximate surface area is 82.7 Å². The lowest BCUT2D eigenvalue weighted by Crippen LogP contribution is -2.32. The highest BCUT2D eigenvalue weighted by molar-refractivity contribution is 7.46. The first-order chi connectivity index (χ1) is 6.53. The van der Waals surface area contributed by atoms with E-state index >= 15 is 0 Å². The van der Waals surface area contributed by atoms with E-state index in [4.69, 9.17) is 9.79 Å². The Balaban J connectivity index is 2.16. The van der Waals surface area contributed by atoms with Crippen molar-refractivity contribution < 1.29 is 24.0 Å². The van der Waals surface area contributed by atoms with Gasteiger partial charge in [0.2, 0.25) is 0 Å². The van der Waals surface area contributed by atoms with Crippen molar-refractivity contribution in [2.24, 2.45) is 0 Å². The number of hydrogen-bond acceptors (Lipinski definition) is 3. The molecule has 6 nitrogen and oxygen atoms in total. The Morgan fingerprint density at radius 2 is 2.00 bits per heavy atom. The van der Waals surface area contributed by atoms with Crippen LogP contribution >= 0.6 is 7.82 Å². The summed E-state index contributed by atoms with van der Waals surface area (Å²) in [5.41, 5.74) is 0. The second-order valence-electron chi connectivity index (χ2n) is 3.30. The van der Waals surface area contributed by atoms with Crippen LogP contribution in [0, 0.1) is 0 Å². The highest BCUT2D eigenvalue weighted by Gasteiger charge is 2.28. The fraction of sp³-hybridized carbons (Fsp3) is 1.00. The molecule has 0 saturated heterocycles. The zero-order chi connectivity index (χ0) is 10.6. The molecule has 0 aromatic heterocycles. The van der Waals surface area contributed by atoms with Crippen LogP contribution in [-0.2, 0) is 14.2 Å². The third kappa shape index (κ3) is 5.05. The van der Waals surface area contributed by atoms with Crippen molar-refractivity contribution in [1.82, 2.24) is 4.90 Å². The van der Waals surface area contributed by atoms with Gasteiger partial charge in [0.25, 0.3) is 0 Å². The van der Waals surface area contributed by atoms with Crippen LogP contribution < -0.4 is 0 Å². The monoisotopic (exact) mass is 224 g/mol. The van der Waals surface area contributed by atoms with Crippen molar-refractivity contribution >= 4 is 7.82 Å². The van der Waals surface area contributed by atoms with Gasteiger partial charge in [0.1, 0.15) is 0 Å². The summed E-state index contributed by atoms with van der Waals surface area (Å²) < 4.78 is 14.7. The fourth-order valence-corrected chi connectivity index (χ4v) is 1.63. The van der Waals surface area contributed by atoms with Crippen molar-refractivity contribution in [1.29, 1.82) is 0 Å². The summed E-state index contributed by atoms with van der Waals surface area (Å²) >= 11 is 0. The molecule has 0 heterocycles. The Morgan fingerprint density at radius 3 is 2.43 bits per heavy atom. The van der Waals surface area contributed by atoms with Crippen LogP contribution in [0.25, 0.3) is 0 Å². The average molecular weight is 224 g/mol. The summed E-state index contributed by atoms with van der Waals surface area (Å²) in [5.74, 6) is 0. The van der Waals surface area contributed by atoms with Crippen LogP contribution in [0.3, 0.4) is 0 Å². The predicted octanol–water partition coefficient (Wildman–Crippen LogP) is -0.00940. The summed E-state index contributed by atoms with van der Waals surface area (Å²) in [4.78, 5) is 18.8. The molecule has 0 unspecified atom stereocenters. The molecule has 1 saturated carbocycles. The molecule has 0 bridgehead atoms. The molecular formula is C7H15NO5P. The summed E-state index contributed by atoms with van der Waals surface area (Å²) in [6.45, 7) is 0.625. The van der Waals surface area contributed by atoms with E-state index in [1.807, 2.05) is 4.90 Å². The molecule has 1 fully saturated rings. The van der Waals surface area contributed by atoms with Crippen LogP contribution in [0.5, 0.6) is 0 Å². The average Bonchev–Trinajstić information content (AvgIpc) is 2.83. The lowest BCUT2D eigenvalue weighted by Gasteiger charge is -2.19. The lowest BCUT2D eigenvalue weighted by atomic mass is 10.4. The summed E-state index contributed by atoms with van der Waals surface area (Å²) in [6.07, 6.45) is 2.13. The van der Waals surface area contributed by atoms with Gasteiger partial charge in [-0.1, -0.05) is 0 Å². The van der Waals surface area contributed by atoms with E-state index in [2.05, 4.69) is 4.52 Å². The van der Waals surface area contributed by atoms with E-state index in [1.165, 1.54) is 0 Å². The molecule has 0 atom stereocenters. The Kier molecular flexibility index (Phi) is 4.50. The molecule has 1 aliphatic rings. The Morgan fingerprint density at radius 1 is 1.36 bits per heavy atom. The van der Waals surface area contributed by atoms with E-state index in [9.17, 15) is 9.67 Å². The van der Waals surface area contributed by atoms with Gasteiger partial charge in [-0.15, -0.1) is 0 Å². The number of nitrogens with zero attached hydrogens (tertiary/aromatic N) is 1. The molecule has 1 radical (unpaired) electrons. The second-order valence-corrected chi connectivity index (χ2v) is 4.53. The molecule has 0 aromatic rings. The third-order valence-corrected chi connectivity index (χ3v) is 2.60. The topological polar surface area (TPSA) is 89.9 Å². The SMILES string of the molecule is [O]CCN(CCOP(=O)(O)O)C1CC1. The predicted molar refractivity (Wildman–Crippen MR) is 48.1 cm³/mol. The standard InChI is InChI=1S/C7H15NO5P/c9-5-3-8(7-1-2-7)4-6-13-14(10,11)12/h7H,1-6H2,(H2,10,11,12). The molecule has 0 spiro atoms. The molecule has 0 aromatic carbocycles. The van der Waals surface area contributed by atoms with Gasteiger partial charge in [0, 0.05) is 19.1 Å². The van der Waals surface area contributed by atoms with Crippen molar-refractivity contribution in [3.63, 3.8) is 0 Å².